The molecule has 0 bridgehead atoms. The molecule has 0 atom stereocenters. The third-order valence-corrected chi connectivity index (χ3v) is 2.22. The average molecular weight is 365 g/mol. The molecule has 0 saturated carbocycles. The normalized spacial score (nSPS) is 12.7. The van der Waals surface area contributed by atoms with Crippen LogP contribution in [0.5, 0.6) is 0 Å². The van der Waals surface area contributed by atoms with E-state index in [1.54, 1.807) is 0 Å². The summed E-state index contributed by atoms with van der Waals surface area (Å²) in [7, 11) is 0. The molecule has 3 nitrogen and oxygen atoms in total. The van der Waals surface area contributed by atoms with Crippen molar-refractivity contribution in [1.82, 2.24) is 0 Å². The molecule has 1 rings (SSSR count). The van der Waals surface area contributed by atoms with Crippen LogP contribution in [0.15, 0.2) is 22.8 Å². The second-order valence-corrected chi connectivity index (χ2v) is 3.65. The van der Waals surface area contributed by atoms with Crippen LogP contribution >= 0.6 is 0 Å². The van der Waals surface area contributed by atoms with Crippen molar-refractivity contribution >= 4 is 11.6 Å². The summed E-state index contributed by atoms with van der Waals surface area (Å²) in [5.41, 5.74) is 0. The van der Waals surface area contributed by atoms with E-state index in [1.165, 1.54) is 0 Å². The summed E-state index contributed by atoms with van der Waals surface area (Å²) in [4.78, 5) is 22.0. The average Bonchev–Trinajstić information content (AvgIpc) is 2.80. The van der Waals surface area contributed by atoms with E-state index in [0.717, 1.165) is 18.4 Å². The van der Waals surface area contributed by atoms with Gasteiger partial charge in [0.05, 0.1) is 12.7 Å². The first-order chi connectivity index (χ1) is 8.91. The monoisotopic (exact) mass is 364 g/mol. The van der Waals surface area contributed by atoms with Crippen LogP contribution in [0.3, 0.4) is 0 Å². The van der Waals surface area contributed by atoms with E-state index >= 15 is 0 Å². The van der Waals surface area contributed by atoms with Gasteiger partial charge in [0, 0.05) is 16.5 Å². The van der Waals surface area contributed by atoms with E-state index in [9.17, 15) is 40.3 Å². The second-order valence-electron chi connectivity index (χ2n) is 3.65. The van der Waals surface area contributed by atoms with Crippen LogP contribution < -0.4 is 0 Å². The second kappa shape index (κ2) is 6.17. The summed E-state index contributed by atoms with van der Waals surface area (Å²) in [6.07, 6.45) is -7.54. The van der Waals surface area contributed by atoms with Gasteiger partial charge in [-0.1, -0.05) is 0 Å². The predicted molar refractivity (Wildman–Crippen MR) is 48.6 cm³/mol. The van der Waals surface area contributed by atoms with E-state index in [4.69, 9.17) is 0 Å². The first-order valence-electron chi connectivity index (χ1n) is 4.83. The smallest absolute Gasteiger partial charge is 0.460 e. The zero-order chi connectivity index (χ0) is 15.8. The Morgan fingerprint density at radius 3 is 1.95 bits per heavy atom. The third kappa shape index (κ3) is 3.64. The number of halogens is 7. The summed E-state index contributed by atoms with van der Waals surface area (Å²) >= 11 is 0. The van der Waals surface area contributed by atoms with Gasteiger partial charge in [-0.2, -0.15) is 30.7 Å². The predicted octanol–water partition coefficient (Wildman–Crippen LogP) is 3.25. The van der Waals surface area contributed by atoms with E-state index in [2.05, 4.69) is 4.42 Å². The van der Waals surface area contributed by atoms with Gasteiger partial charge >= 0.3 is 18.0 Å². The van der Waals surface area contributed by atoms with Gasteiger partial charge in [0.15, 0.2) is 5.76 Å². The molecule has 0 unspecified atom stereocenters. The zero-order valence-electron chi connectivity index (χ0n) is 9.63. The van der Waals surface area contributed by atoms with Crippen molar-refractivity contribution in [3.8, 4) is 0 Å². The van der Waals surface area contributed by atoms with Crippen LogP contribution in [0.4, 0.5) is 30.7 Å². The number of rotatable bonds is 5. The number of carbonyl (C=O) groups is 2. The van der Waals surface area contributed by atoms with E-state index in [-0.39, 0.29) is 16.5 Å². The third-order valence-electron chi connectivity index (χ3n) is 2.22. The van der Waals surface area contributed by atoms with E-state index < -0.39 is 41.8 Å². The number of hydrogen-bond donors (Lipinski definition) is 0. The van der Waals surface area contributed by atoms with Crippen molar-refractivity contribution in [3.05, 3.63) is 24.2 Å². The minimum absolute atomic E-state index is 0. The molecule has 1 aromatic rings. The molecule has 1 aromatic heterocycles. The molecule has 0 radical (unpaired) electrons. The standard InChI is InChI=1S/C10H5F7O3.Ni/c11-8(12,9(13,14)10(15,16)17)7(19)4-5(18)6-2-1-3-20-6;/h1-3H,4H2;. The van der Waals surface area contributed by atoms with Gasteiger partial charge < -0.3 is 4.42 Å². The first-order valence-corrected chi connectivity index (χ1v) is 4.83. The van der Waals surface area contributed by atoms with Gasteiger partial charge in [-0.3, -0.25) is 9.59 Å². The van der Waals surface area contributed by atoms with Crippen molar-refractivity contribution in [2.45, 2.75) is 24.4 Å². The Morgan fingerprint density at radius 2 is 1.57 bits per heavy atom. The fourth-order valence-electron chi connectivity index (χ4n) is 1.13. The van der Waals surface area contributed by atoms with E-state index in [1.807, 2.05) is 0 Å². The van der Waals surface area contributed by atoms with Gasteiger partial charge in [-0.25, -0.2) is 0 Å². The topological polar surface area (TPSA) is 47.3 Å². The fraction of sp³-hybridized carbons (Fsp3) is 0.400. The molecule has 0 saturated heterocycles. The quantitative estimate of drug-likeness (QED) is 0.349. The molecule has 1 heterocycles. The van der Waals surface area contributed by atoms with Crippen molar-refractivity contribution in [1.29, 1.82) is 0 Å². The molecule has 122 valence electrons. The molecule has 0 aromatic carbocycles. The van der Waals surface area contributed by atoms with Gasteiger partial charge in [0.25, 0.3) is 0 Å². The Morgan fingerprint density at radius 1 is 1.05 bits per heavy atom. The SMILES string of the molecule is O=C(CC(=O)C(F)(F)C(F)(F)C(F)(F)F)c1ccco1.[Ni]. The zero-order valence-corrected chi connectivity index (χ0v) is 10.6. The van der Waals surface area contributed by atoms with Crippen LogP contribution in [0.25, 0.3) is 0 Å². The van der Waals surface area contributed by atoms with E-state index in [0.29, 0.717) is 0 Å². The number of hydrogen-bond acceptors (Lipinski definition) is 3. The molecule has 0 spiro atoms. The van der Waals surface area contributed by atoms with Gasteiger partial charge in [0.2, 0.25) is 11.6 Å². The van der Waals surface area contributed by atoms with Crippen LogP contribution in [-0.2, 0) is 21.3 Å². The molecule has 0 fully saturated rings. The summed E-state index contributed by atoms with van der Waals surface area (Å²) in [5, 5.41) is 0. The number of ketones is 2. The molecule has 0 N–H and O–H groups in total. The maximum atomic E-state index is 12.9. The van der Waals surface area contributed by atoms with Crippen molar-refractivity contribution in [3.63, 3.8) is 0 Å². The molecule has 0 aliphatic rings. The van der Waals surface area contributed by atoms with Crippen LogP contribution in [0, 0.1) is 0 Å². The Balaban J connectivity index is 0.00000400. The van der Waals surface area contributed by atoms with Crippen molar-refractivity contribution in [2.24, 2.45) is 0 Å². The van der Waals surface area contributed by atoms with Crippen molar-refractivity contribution in [2.75, 3.05) is 0 Å². The molecular weight excluding hydrogens is 360 g/mol. The maximum absolute atomic E-state index is 12.9. The molecular formula is C10H5F7NiO3. The Hall–Kier alpha value is -1.38. The molecule has 0 aliphatic heterocycles. The maximum Gasteiger partial charge on any atom is 0.460 e. The Bertz CT molecular complexity index is 507. The fourth-order valence-corrected chi connectivity index (χ4v) is 1.13. The van der Waals surface area contributed by atoms with Crippen LogP contribution in [-0.4, -0.2) is 29.6 Å². The Labute approximate surface area is 122 Å². The number of Topliss-reactive ketones (excluding diaryl/α,β-unsaturated/α-hetero) is 2. The van der Waals surface area contributed by atoms with Gasteiger partial charge in [-0.15, -0.1) is 0 Å². The van der Waals surface area contributed by atoms with Crippen LogP contribution in [0.1, 0.15) is 17.0 Å². The first kappa shape index (κ1) is 19.6. The van der Waals surface area contributed by atoms with Gasteiger partial charge in [0.1, 0.15) is 0 Å². The molecule has 21 heavy (non-hydrogen) atoms. The summed E-state index contributed by atoms with van der Waals surface area (Å²) in [6, 6.07) is 2.08. The van der Waals surface area contributed by atoms with Gasteiger partial charge in [-0.05, 0) is 12.1 Å². The summed E-state index contributed by atoms with van der Waals surface area (Å²) in [5.74, 6) is -17.5. The number of furan rings is 1. The summed E-state index contributed by atoms with van der Waals surface area (Å²) in [6.45, 7) is 0. The minimum Gasteiger partial charge on any atom is -0.461 e. The van der Waals surface area contributed by atoms with Crippen LogP contribution in [0.2, 0.25) is 0 Å². The Kier molecular flexibility index (Phi) is 5.76. The number of carbonyl (C=O) groups excluding carboxylic acids is 2. The molecule has 0 amide bonds. The number of alkyl halides is 7. The van der Waals surface area contributed by atoms with Crippen molar-refractivity contribution < 1.29 is 61.2 Å². The summed E-state index contributed by atoms with van der Waals surface area (Å²) < 4.78 is 90.7. The minimum atomic E-state index is -6.63. The largest absolute Gasteiger partial charge is 0.461 e. The molecule has 11 heteroatoms. The molecule has 0 aliphatic carbocycles.